The van der Waals surface area contributed by atoms with Crippen LogP contribution in [0.5, 0.6) is 0 Å². The van der Waals surface area contributed by atoms with Gasteiger partial charge in [0.25, 0.3) is 0 Å². The van der Waals surface area contributed by atoms with Crippen molar-refractivity contribution in [1.82, 2.24) is 14.5 Å². The summed E-state index contributed by atoms with van der Waals surface area (Å²) in [5.41, 5.74) is 21.2. The smallest absolute Gasteiger partial charge is 0.206 e. The van der Waals surface area contributed by atoms with Crippen LogP contribution in [0.3, 0.4) is 0 Å². The summed E-state index contributed by atoms with van der Waals surface area (Å²) in [5.74, 6) is 1.59. The highest BCUT2D eigenvalue weighted by Crippen LogP contribution is 2.53. The topological polar surface area (TPSA) is 61.4 Å². The number of allylic oxidation sites excluding steroid dienone is 4. The molecule has 12 aromatic rings. The molecule has 0 radical (unpaired) electrons. The summed E-state index contributed by atoms with van der Waals surface area (Å²) in [5, 5.41) is 2.41. The second-order valence-corrected chi connectivity index (χ2v) is 24.1. The number of hydrogen-bond donors (Lipinski definition) is 0. The Labute approximate surface area is 485 Å². The van der Waals surface area contributed by atoms with Crippen LogP contribution in [-0.2, 0) is 5.41 Å². The van der Waals surface area contributed by atoms with Crippen LogP contribution in [0.15, 0.2) is 246 Å². The lowest BCUT2D eigenvalue weighted by Gasteiger charge is -2.34. The molecule has 3 aliphatic rings. The lowest BCUT2D eigenvalue weighted by Crippen LogP contribution is -2.38. The molecule has 2 bridgehead atoms. The summed E-state index contributed by atoms with van der Waals surface area (Å²) in [7, 11) is 2.13. The van der Waals surface area contributed by atoms with Crippen LogP contribution in [0.4, 0.5) is 22.7 Å². The van der Waals surface area contributed by atoms with Crippen molar-refractivity contribution >= 4 is 100 Å². The third kappa shape index (κ3) is 8.13. The summed E-state index contributed by atoms with van der Waals surface area (Å²) in [6.07, 6.45) is 9.56. The van der Waals surface area contributed by atoms with Crippen molar-refractivity contribution in [1.29, 1.82) is 0 Å². The van der Waals surface area contributed by atoms with E-state index in [1.807, 2.05) is 59.4 Å². The van der Waals surface area contributed by atoms with Gasteiger partial charge in [-0.2, -0.15) is 0 Å². The maximum Gasteiger partial charge on any atom is 0.206 e. The number of thiophene rings is 2. The molecule has 82 heavy (non-hydrogen) atoms. The zero-order valence-electron chi connectivity index (χ0n) is 46.0. The van der Waals surface area contributed by atoms with Crippen molar-refractivity contribution in [2.24, 2.45) is 15.0 Å². The van der Waals surface area contributed by atoms with Gasteiger partial charge in [-0.05, 0) is 143 Å². The van der Waals surface area contributed by atoms with Gasteiger partial charge in [0.05, 0.1) is 28.1 Å². The molecule has 2 aliphatic heterocycles. The van der Waals surface area contributed by atoms with Gasteiger partial charge in [-0.1, -0.05) is 159 Å². The first kappa shape index (κ1) is 49.5. The molecule has 0 saturated carbocycles. The van der Waals surface area contributed by atoms with Crippen molar-refractivity contribution in [3.63, 3.8) is 0 Å². The average Bonchev–Trinajstić information content (AvgIpc) is 4.38. The van der Waals surface area contributed by atoms with Gasteiger partial charge in [-0.15, -0.1) is 22.7 Å². The van der Waals surface area contributed by atoms with E-state index in [4.69, 9.17) is 20.0 Å². The van der Waals surface area contributed by atoms with E-state index in [0.717, 1.165) is 67.6 Å². The second kappa shape index (κ2) is 19.6. The first-order chi connectivity index (χ1) is 40.2. The Kier molecular flexibility index (Phi) is 11.8. The predicted octanol–water partition coefficient (Wildman–Crippen LogP) is 19.5. The molecule has 1 aliphatic carbocycles. The molecule has 0 N–H and O–H groups in total. The van der Waals surface area contributed by atoms with Crippen LogP contribution in [-0.4, -0.2) is 39.4 Å². The van der Waals surface area contributed by atoms with E-state index in [9.17, 15) is 0 Å². The molecule has 0 fully saturated rings. The lowest BCUT2D eigenvalue weighted by molar-refractivity contribution is 0.297. The van der Waals surface area contributed by atoms with Crippen molar-refractivity contribution in [2.45, 2.75) is 39.4 Å². The standard InChI is InChI=1S/C73H55N7S2/c1-45-21-14-16-38-75-69-54(60-32-15-17-37-74-60)30-20-34-63(69)79(61-33-19-29-52(45)46(61)2)51-27-18-26-49(39-51)65-43-67-68(81-65)44-66(82-67)50-35-36-62-56(40-50)57-41-55-53-28-12-13-31-58(53)73(3,4)59(55)42-64(57)80(62)72-77-70(47-22-8-6-9-23-47)76-71(78(72)5)48-24-10-7-11-25-48/h6-44,72H,1-5H3/b16-14-,45-21+,75-38+. The molecule has 1 atom stereocenters. The van der Waals surface area contributed by atoms with Crippen molar-refractivity contribution in [2.75, 3.05) is 11.9 Å². The van der Waals surface area contributed by atoms with Crippen LogP contribution in [0.2, 0.25) is 0 Å². The Hall–Kier alpha value is -9.54. The fourth-order valence-corrected chi connectivity index (χ4v) is 15.0. The van der Waals surface area contributed by atoms with Crippen molar-refractivity contribution in [3.8, 4) is 43.3 Å². The molecule has 8 aromatic carbocycles. The fraction of sp³-hybridized carbons (Fsp3) is 0.0959. The van der Waals surface area contributed by atoms with Crippen LogP contribution in [0, 0.1) is 6.92 Å². The van der Waals surface area contributed by atoms with E-state index in [0.29, 0.717) is 5.84 Å². The summed E-state index contributed by atoms with van der Waals surface area (Å²) >= 11 is 3.71. The number of aliphatic imine (C=N–C) groups is 3. The molecule has 6 heterocycles. The third-order valence-corrected chi connectivity index (χ3v) is 19.1. The number of benzene rings is 8. The normalized spacial score (nSPS) is 16.8. The van der Waals surface area contributed by atoms with Gasteiger partial charge in [0.1, 0.15) is 5.84 Å². The molecule has 1 unspecified atom stereocenters. The quantitative estimate of drug-likeness (QED) is 0.160. The van der Waals surface area contributed by atoms with E-state index < -0.39 is 6.29 Å². The molecule has 394 valence electrons. The molecule has 15 rings (SSSR count). The number of aromatic nitrogens is 2. The zero-order valence-corrected chi connectivity index (χ0v) is 47.7. The predicted molar refractivity (Wildman–Crippen MR) is 347 cm³/mol. The van der Waals surface area contributed by atoms with E-state index in [1.165, 1.54) is 74.4 Å². The maximum atomic E-state index is 5.55. The lowest BCUT2D eigenvalue weighted by atomic mass is 9.82. The van der Waals surface area contributed by atoms with E-state index in [-0.39, 0.29) is 5.41 Å². The molecule has 0 spiro atoms. The third-order valence-electron chi connectivity index (χ3n) is 16.7. The Balaban J connectivity index is 0.849. The van der Waals surface area contributed by atoms with Gasteiger partial charge in [-0.3, -0.25) is 9.98 Å². The van der Waals surface area contributed by atoms with Crippen LogP contribution < -0.4 is 4.90 Å². The number of rotatable bonds is 7. The molecular formula is C73H55N7S2. The maximum absolute atomic E-state index is 5.55. The number of nitrogens with zero attached hydrogens (tertiary/aromatic N) is 7. The molecule has 4 aromatic heterocycles. The largest absolute Gasteiger partial charge is 0.320 e. The first-order valence-electron chi connectivity index (χ1n) is 27.8. The van der Waals surface area contributed by atoms with E-state index >= 15 is 0 Å². The highest BCUT2D eigenvalue weighted by atomic mass is 32.1. The van der Waals surface area contributed by atoms with E-state index in [2.05, 4.69) is 249 Å². The van der Waals surface area contributed by atoms with Gasteiger partial charge in [0.2, 0.25) is 6.29 Å². The second-order valence-electron chi connectivity index (χ2n) is 22.0. The van der Waals surface area contributed by atoms with Crippen LogP contribution >= 0.6 is 22.7 Å². The van der Waals surface area contributed by atoms with Gasteiger partial charge in [-0.25, -0.2) is 9.98 Å². The first-order valence-corrected chi connectivity index (χ1v) is 29.5. The minimum Gasteiger partial charge on any atom is -0.320 e. The SMILES string of the molecule is C\C1=C/C=C\C=N\c2c(-c3ccccn3)cccc2N(c2cccc(-c3cc4sc(-c5ccc6c(c5)c5cc7c(cc5n6C5N=C(c6ccccc6)N=C(c6ccccc6)N5C)C(C)(C)c5ccccc5-7)cc4s3)c2)c2cccc1c2C. The van der Waals surface area contributed by atoms with Crippen LogP contribution in [0.25, 0.3) is 80.0 Å². The number of fused-ring (bicyclic) bond motifs is 10. The molecule has 9 heteroatoms. The van der Waals surface area contributed by atoms with Gasteiger partial charge in [0.15, 0.2) is 5.84 Å². The van der Waals surface area contributed by atoms with Gasteiger partial charge in [0, 0.05) is 82.9 Å². The number of para-hydroxylation sites is 1. The Morgan fingerprint density at radius 2 is 1.20 bits per heavy atom. The molecule has 7 nitrogen and oxygen atoms in total. The van der Waals surface area contributed by atoms with E-state index in [1.54, 1.807) is 0 Å². The summed E-state index contributed by atoms with van der Waals surface area (Å²) in [4.78, 5) is 27.9. The summed E-state index contributed by atoms with van der Waals surface area (Å²) in [6.45, 7) is 9.14. The minimum absolute atomic E-state index is 0.182. The summed E-state index contributed by atoms with van der Waals surface area (Å²) < 4.78 is 4.99. The number of hydrogen-bond acceptors (Lipinski definition) is 8. The van der Waals surface area contributed by atoms with Crippen molar-refractivity contribution in [3.05, 3.63) is 264 Å². The van der Waals surface area contributed by atoms with Gasteiger partial charge >= 0.3 is 0 Å². The highest BCUT2D eigenvalue weighted by molar-refractivity contribution is 7.31. The van der Waals surface area contributed by atoms with Crippen LogP contribution in [0.1, 0.15) is 60.4 Å². The zero-order chi connectivity index (χ0) is 55.2. The molecule has 0 saturated heterocycles. The Bertz CT molecular complexity index is 4680. The average molecular weight is 1090 g/mol. The molecule has 0 amide bonds. The Morgan fingerprint density at radius 3 is 1.98 bits per heavy atom. The Morgan fingerprint density at radius 1 is 0.524 bits per heavy atom. The van der Waals surface area contributed by atoms with Crippen molar-refractivity contribution < 1.29 is 0 Å². The molecular weight excluding hydrogens is 1040 g/mol. The van der Waals surface area contributed by atoms with Gasteiger partial charge < -0.3 is 14.4 Å². The number of amidine groups is 2. The number of pyridine rings is 1. The number of anilines is 3. The monoisotopic (exact) mass is 1090 g/mol. The fourth-order valence-electron chi connectivity index (χ4n) is 12.6. The minimum atomic E-state index is -0.421. The summed E-state index contributed by atoms with van der Waals surface area (Å²) in [6, 6.07) is 74.7. The highest BCUT2D eigenvalue weighted by Gasteiger charge is 2.37.